The van der Waals surface area contributed by atoms with Crippen molar-refractivity contribution in [3.05, 3.63) is 41.4 Å². The normalized spacial score (nSPS) is 16.7. The van der Waals surface area contributed by atoms with Gasteiger partial charge in [-0.3, -0.25) is 0 Å². The number of ether oxygens (including phenoxy) is 1. The highest BCUT2D eigenvalue weighted by molar-refractivity contribution is 7.89. The Morgan fingerprint density at radius 3 is 2.67 bits per heavy atom. The lowest BCUT2D eigenvalue weighted by Gasteiger charge is -2.37. The van der Waals surface area contributed by atoms with Gasteiger partial charge in [-0.25, -0.2) is 22.2 Å². The molecule has 3 rings (SSSR count). The first-order valence-corrected chi connectivity index (χ1v) is 8.30. The van der Waals surface area contributed by atoms with Crippen LogP contribution in [-0.4, -0.2) is 36.9 Å². The van der Waals surface area contributed by atoms with Crippen molar-refractivity contribution in [2.75, 3.05) is 13.1 Å². The molecule has 1 fully saturated rings. The van der Waals surface area contributed by atoms with E-state index in [9.17, 15) is 17.2 Å². The van der Waals surface area contributed by atoms with Gasteiger partial charge in [-0.1, -0.05) is 11.3 Å². The molecule has 1 saturated heterocycles. The number of hydrogen-bond acceptors (Lipinski definition) is 5. The summed E-state index contributed by atoms with van der Waals surface area (Å²) in [7, 11) is -3.82. The van der Waals surface area contributed by atoms with Crippen molar-refractivity contribution >= 4 is 21.4 Å². The van der Waals surface area contributed by atoms with Gasteiger partial charge in [-0.2, -0.15) is 4.31 Å². The van der Waals surface area contributed by atoms with Crippen molar-refractivity contribution in [3.8, 4) is 5.19 Å². The molecule has 0 spiro atoms. The Hall–Kier alpha value is -1.58. The summed E-state index contributed by atoms with van der Waals surface area (Å²) in [5, 5.41) is 2.23. The molecule has 5 nitrogen and oxygen atoms in total. The zero-order chi connectivity index (χ0) is 15.0. The first kappa shape index (κ1) is 14.4. The van der Waals surface area contributed by atoms with Crippen molar-refractivity contribution in [1.29, 1.82) is 0 Å². The van der Waals surface area contributed by atoms with Crippen molar-refractivity contribution in [2.45, 2.75) is 11.0 Å². The third-order valence-electron chi connectivity index (χ3n) is 3.02. The standard InChI is InChI=1S/C12H10F2N2O3S2/c13-10-2-1-9(5-11(10)14)21(17,18)16-6-8(7-16)19-12-15-3-4-20-12/h1-5,8H,6-7H2. The molecule has 21 heavy (non-hydrogen) atoms. The van der Waals surface area contributed by atoms with Gasteiger partial charge in [0.05, 0.1) is 18.0 Å². The van der Waals surface area contributed by atoms with Crippen LogP contribution in [0.5, 0.6) is 5.19 Å². The van der Waals surface area contributed by atoms with Gasteiger partial charge < -0.3 is 4.74 Å². The fourth-order valence-electron chi connectivity index (χ4n) is 1.87. The van der Waals surface area contributed by atoms with Crippen molar-refractivity contribution < 1.29 is 21.9 Å². The molecule has 0 radical (unpaired) electrons. The average molecular weight is 332 g/mol. The second-order valence-corrected chi connectivity index (χ2v) is 7.23. The molecule has 2 aromatic rings. The molecule has 0 saturated carbocycles. The Kier molecular flexibility index (Phi) is 3.64. The zero-order valence-electron chi connectivity index (χ0n) is 10.6. The number of halogens is 2. The van der Waals surface area contributed by atoms with Crippen LogP contribution >= 0.6 is 11.3 Å². The fraction of sp³-hybridized carbons (Fsp3) is 0.250. The summed E-state index contributed by atoms with van der Waals surface area (Å²) in [6, 6.07) is 2.52. The maximum atomic E-state index is 13.1. The van der Waals surface area contributed by atoms with Gasteiger partial charge in [0.25, 0.3) is 5.19 Å². The quantitative estimate of drug-likeness (QED) is 0.858. The molecule has 1 aliphatic rings. The Morgan fingerprint density at radius 2 is 2.05 bits per heavy atom. The van der Waals surface area contributed by atoms with Gasteiger partial charge in [0.1, 0.15) is 6.10 Å². The van der Waals surface area contributed by atoms with Crippen LogP contribution in [0.2, 0.25) is 0 Å². The minimum Gasteiger partial charge on any atom is -0.464 e. The Morgan fingerprint density at radius 1 is 1.29 bits per heavy atom. The minimum atomic E-state index is -3.82. The summed E-state index contributed by atoms with van der Waals surface area (Å²) in [4.78, 5) is 3.67. The Labute approximate surface area is 123 Å². The van der Waals surface area contributed by atoms with E-state index in [4.69, 9.17) is 4.74 Å². The van der Waals surface area contributed by atoms with Crippen LogP contribution < -0.4 is 4.74 Å². The van der Waals surface area contributed by atoms with Crippen LogP contribution in [0.1, 0.15) is 0 Å². The molecule has 0 atom stereocenters. The molecule has 9 heteroatoms. The zero-order valence-corrected chi connectivity index (χ0v) is 12.2. The number of thiazole rings is 1. The van der Waals surface area contributed by atoms with Crippen molar-refractivity contribution in [2.24, 2.45) is 0 Å². The molecule has 1 aromatic heterocycles. The first-order chi connectivity index (χ1) is 9.96. The molecule has 0 bridgehead atoms. The monoisotopic (exact) mass is 332 g/mol. The molecule has 112 valence electrons. The maximum Gasteiger partial charge on any atom is 0.273 e. The number of benzene rings is 1. The third kappa shape index (κ3) is 2.76. The lowest BCUT2D eigenvalue weighted by atomic mass is 10.2. The third-order valence-corrected chi connectivity index (χ3v) is 5.51. The van der Waals surface area contributed by atoms with E-state index in [1.54, 1.807) is 11.6 Å². The fourth-order valence-corrected chi connectivity index (χ4v) is 3.94. The van der Waals surface area contributed by atoms with Crippen LogP contribution in [0.4, 0.5) is 8.78 Å². The lowest BCUT2D eigenvalue weighted by Crippen LogP contribution is -2.55. The molecule has 0 aliphatic carbocycles. The molecular formula is C12H10F2N2O3S2. The van der Waals surface area contributed by atoms with E-state index in [1.165, 1.54) is 11.3 Å². The van der Waals surface area contributed by atoms with Gasteiger partial charge in [0.15, 0.2) is 11.6 Å². The van der Waals surface area contributed by atoms with E-state index >= 15 is 0 Å². The van der Waals surface area contributed by atoms with E-state index in [0.717, 1.165) is 16.4 Å². The highest BCUT2D eigenvalue weighted by atomic mass is 32.2. The van der Waals surface area contributed by atoms with E-state index in [0.29, 0.717) is 11.3 Å². The Balaban J connectivity index is 1.68. The summed E-state index contributed by atoms with van der Waals surface area (Å²) >= 11 is 1.32. The smallest absolute Gasteiger partial charge is 0.273 e. The van der Waals surface area contributed by atoms with Gasteiger partial charge >= 0.3 is 0 Å². The molecular weight excluding hydrogens is 322 g/mol. The highest BCUT2D eigenvalue weighted by Gasteiger charge is 2.38. The summed E-state index contributed by atoms with van der Waals surface area (Å²) < 4.78 is 57.0. The summed E-state index contributed by atoms with van der Waals surface area (Å²) in [6.07, 6.45) is 1.31. The molecule has 1 aliphatic heterocycles. The van der Waals surface area contributed by atoms with Crippen molar-refractivity contribution in [1.82, 2.24) is 9.29 Å². The maximum absolute atomic E-state index is 13.1. The second-order valence-electron chi connectivity index (χ2n) is 4.44. The van der Waals surface area contributed by atoms with E-state index in [-0.39, 0.29) is 24.1 Å². The minimum absolute atomic E-state index is 0.154. The summed E-state index contributed by atoms with van der Waals surface area (Å²) in [5.74, 6) is -2.27. The summed E-state index contributed by atoms with van der Waals surface area (Å²) in [6.45, 7) is 0.307. The molecule has 0 N–H and O–H groups in total. The van der Waals surface area contributed by atoms with E-state index < -0.39 is 21.7 Å². The van der Waals surface area contributed by atoms with Crippen LogP contribution in [0.25, 0.3) is 0 Å². The number of rotatable bonds is 4. The molecule has 1 aromatic carbocycles. The summed E-state index contributed by atoms with van der Waals surface area (Å²) in [5.41, 5.74) is 0. The lowest BCUT2D eigenvalue weighted by molar-refractivity contribution is 0.0759. The topological polar surface area (TPSA) is 59.5 Å². The van der Waals surface area contributed by atoms with E-state index in [2.05, 4.69) is 4.98 Å². The van der Waals surface area contributed by atoms with Gasteiger partial charge in [-0.05, 0) is 18.2 Å². The predicted molar refractivity (Wildman–Crippen MR) is 71.6 cm³/mol. The van der Waals surface area contributed by atoms with Crippen LogP contribution in [0.15, 0.2) is 34.7 Å². The number of aromatic nitrogens is 1. The van der Waals surface area contributed by atoms with Crippen LogP contribution in [-0.2, 0) is 10.0 Å². The van der Waals surface area contributed by atoms with E-state index in [1.807, 2.05) is 0 Å². The molecule has 0 amide bonds. The average Bonchev–Trinajstić information content (AvgIpc) is 2.89. The van der Waals surface area contributed by atoms with Crippen LogP contribution in [0, 0.1) is 11.6 Å². The number of nitrogens with zero attached hydrogens (tertiary/aromatic N) is 2. The second kappa shape index (κ2) is 5.32. The number of sulfonamides is 1. The predicted octanol–water partition coefficient (Wildman–Crippen LogP) is 1.87. The van der Waals surface area contributed by atoms with Crippen LogP contribution in [0.3, 0.4) is 0 Å². The van der Waals surface area contributed by atoms with Gasteiger partial charge in [-0.15, -0.1) is 0 Å². The molecule has 2 heterocycles. The Bertz CT molecular complexity index is 744. The SMILES string of the molecule is O=S(=O)(c1ccc(F)c(F)c1)N1CC(Oc2nccs2)C1. The highest BCUT2D eigenvalue weighted by Crippen LogP contribution is 2.26. The van der Waals surface area contributed by atoms with Gasteiger partial charge in [0, 0.05) is 11.6 Å². The van der Waals surface area contributed by atoms with Gasteiger partial charge in [0.2, 0.25) is 10.0 Å². The molecule has 0 unspecified atom stereocenters. The first-order valence-electron chi connectivity index (χ1n) is 5.98. The number of hydrogen-bond donors (Lipinski definition) is 0. The van der Waals surface area contributed by atoms with Crippen molar-refractivity contribution in [3.63, 3.8) is 0 Å². The largest absolute Gasteiger partial charge is 0.464 e.